The van der Waals surface area contributed by atoms with Gasteiger partial charge in [0.1, 0.15) is 11.2 Å². The van der Waals surface area contributed by atoms with Crippen molar-refractivity contribution in [2.24, 2.45) is 0 Å². The van der Waals surface area contributed by atoms with E-state index in [0.717, 1.165) is 39.0 Å². The Morgan fingerprint density at radius 1 is 0.367 bits per heavy atom. The van der Waals surface area contributed by atoms with Gasteiger partial charge in [0.25, 0.3) is 0 Å². The fraction of sp³-hybridized carbons (Fsp3) is 0. The second-order valence-corrected chi connectivity index (χ2v) is 13.6. The largest absolute Gasteiger partial charge is 0.456 e. The number of furan rings is 1. The van der Waals surface area contributed by atoms with Crippen LogP contribution in [0.25, 0.3) is 75.1 Å². The highest BCUT2D eigenvalue weighted by Gasteiger charge is 2.17. The molecule has 10 aromatic rings. The first kappa shape index (κ1) is 27.9. The molecule has 0 spiro atoms. The van der Waals surface area contributed by atoms with Gasteiger partial charge in [0.05, 0.1) is 5.69 Å². The molecule has 0 atom stereocenters. The number of para-hydroxylation sites is 1. The van der Waals surface area contributed by atoms with Gasteiger partial charge in [-0.2, -0.15) is 0 Å². The van der Waals surface area contributed by atoms with E-state index in [1.807, 2.05) is 23.5 Å². The molecule has 0 amide bonds. The highest BCUT2D eigenvalue weighted by molar-refractivity contribution is 7.25. The number of fused-ring (bicyclic) bond motifs is 7. The second kappa shape index (κ2) is 11.2. The van der Waals surface area contributed by atoms with Gasteiger partial charge in [-0.05, 0) is 94.4 Å². The Morgan fingerprint density at radius 3 is 1.69 bits per heavy atom. The molecular formula is C46H29NOS. The van der Waals surface area contributed by atoms with Crippen LogP contribution in [-0.4, -0.2) is 0 Å². The van der Waals surface area contributed by atoms with E-state index in [-0.39, 0.29) is 0 Å². The highest BCUT2D eigenvalue weighted by Crippen LogP contribution is 2.42. The zero-order valence-electron chi connectivity index (χ0n) is 26.5. The molecule has 0 bridgehead atoms. The van der Waals surface area contributed by atoms with Crippen LogP contribution >= 0.6 is 11.3 Å². The second-order valence-electron chi connectivity index (χ2n) is 12.5. The number of rotatable bonds is 5. The van der Waals surface area contributed by atoms with Crippen molar-refractivity contribution < 1.29 is 4.42 Å². The van der Waals surface area contributed by atoms with Gasteiger partial charge in [-0.1, -0.05) is 109 Å². The standard InChI is InChI=1S/C46H29NOS/c1-2-10-37-32(8-1)9-7-13-42(37)47(35-22-16-30(17-23-35)33-20-26-44-40(28-33)38-11-3-5-14-43(38)48-44)36-24-18-31(19-25-36)34-21-27-46-41(29-34)39-12-4-6-15-45(39)49-46/h1-29H. The summed E-state index contributed by atoms with van der Waals surface area (Å²) in [7, 11) is 0. The third-order valence-electron chi connectivity index (χ3n) is 9.68. The van der Waals surface area contributed by atoms with Crippen LogP contribution in [-0.2, 0) is 0 Å². The molecule has 2 heterocycles. The molecule has 8 aromatic carbocycles. The van der Waals surface area contributed by atoms with Crippen molar-refractivity contribution in [3.8, 4) is 22.3 Å². The molecule has 2 nitrogen and oxygen atoms in total. The summed E-state index contributed by atoms with van der Waals surface area (Å²) in [5, 5.41) is 7.36. The Kier molecular flexibility index (Phi) is 6.39. The number of nitrogens with zero attached hydrogens (tertiary/aromatic N) is 1. The Hall–Kier alpha value is -6.16. The summed E-state index contributed by atoms with van der Waals surface area (Å²) in [5.41, 5.74) is 9.97. The number of thiophene rings is 1. The summed E-state index contributed by atoms with van der Waals surface area (Å²) in [5.74, 6) is 0. The van der Waals surface area contributed by atoms with Gasteiger partial charge in [0.2, 0.25) is 0 Å². The molecule has 49 heavy (non-hydrogen) atoms. The first-order valence-electron chi connectivity index (χ1n) is 16.6. The molecule has 0 fully saturated rings. The van der Waals surface area contributed by atoms with Crippen LogP contribution < -0.4 is 4.90 Å². The molecule has 230 valence electrons. The predicted octanol–water partition coefficient (Wildman–Crippen LogP) is 13.9. The van der Waals surface area contributed by atoms with Crippen molar-refractivity contribution in [3.05, 3.63) is 176 Å². The molecule has 0 unspecified atom stereocenters. The van der Waals surface area contributed by atoms with E-state index in [1.165, 1.54) is 53.2 Å². The Bertz CT molecular complexity index is 2660. The molecular weight excluding hydrogens is 615 g/mol. The van der Waals surface area contributed by atoms with E-state index >= 15 is 0 Å². The van der Waals surface area contributed by atoms with Gasteiger partial charge in [-0.25, -0.2) is 0 Å². The molecule has 0 aliphatic rings. The molecule has 0 aliphatic carbocycles. The zero-order chi connectivity index (χ0) is 32.3. The molecule has 3 heteroatoms. The van der Waals surface area contributed by atoms with E-state index in [4.69, 9.17) is 4.42 Å². The Balaban J connectivity index is 1.06. The average Bonchev–Trinajstić information content (AvgIpc) is 3.73. The predicted molar refractivity (Wildman–Crippen MR) is 210 cm³/mol. The zero-order valence-corrected chi connectivity index (χ0v) is 27.3. The van der Waals surface area contributed by atoms with Crippen molar-refractivity contribution in [2.75, 3.05) is 4.90 Å². The minimum absolute atomic E-state index is 0.913. The average molecular weight is 644 g/mol. The maximum Gasteiger partial charge on any atom is 0.135 e. The third kappa shape index (κ3) is 4.70. The number of anilines is 3. The van der Waals surface area contributed by atoms with Crippen molar-refractivity contribution in [1.82, 2.24) is 0 Å². The van der Waals surface area contributed by atoms with Crippen molar-refractivity contribution >= 4 is 81.3 Å². The molecule has 0 radical (unpaired) electrons. The molecule has 0 saturated heterocycles. The summed E-state index contributed by atoms with van der Waals surface area (Å²) in [6, 6.07) is 63.4. The lowest BCUT2D eigenvalue weighted by atomic mass is 10.0. The molecule has 0 saturated carbocycles. The first-order valence-corrected chi connectivity index (χ1v) is 17.4. The monoisotopic (exact) mass is 643 g/mol. The first-order chi connectivity index (χ1) is 24.3. The normalized spacial score (nSPS) is 11.7. The Morgan fingerprint density at radius 2 is 0.918 bits per heavy atom. The summed E-state index contributed by atoms with van der Waals surface area (Å²) < 4.78 is 8.74. The topological polar surface area (TPSA) is 16.4 Å². The van der Waals surface area contributed by atoms with Crippen LogP contribution in [0.1, 0.15) is 0 Å². The van der Waals surface area contributed by atoms with Crippen molar-refractivity contribution in [3.63, 3.8) is 0 Å². The number of benzene rings is 8. The van der Waals surface area contributed by atoms with E-state index in [0.29, 0.717) is 0 Å². The van der Waals surface area contributed by atoms with E-state index in [9.17, 15) is 0 Å². The van der Waals surface area contributed by atoms with Crippen LogP contribution in [0.5, 0.6) is 0 Å². The Labute approximate surface area is 287 Å². The molecule has 0 aliphatic heterocycles. The fourth-order valence-corrected chi connectivity index (χ4v) is 8.33. The minimum atomic E-state index is 0.913. The number of hydrogen-bond donors (Lipinski definition) is 0. The minimum Gasteiger partial charge on any atom is -0.456 e. The lowest BCUT2D eigenvalue weighted by molar-refractivity contribution is 0.669. The highest BCUT2D eigenvalue weighted by atomic mass is 32.1. The van der Waals surface area contributed by atoms with Crippen LogP contribution in [0.15, 0.2) is 180 Å². The van der Waals surface area contributed by atoms with Gasteiger partial charge in [0.15, 0.2) is 0 Å². The summed E-state index contributed by atoms with van der Waals surface area (Å²) >= 11 is 1.86. The quantitative estimate of drug-likeness (QED) is 0.186. The SMILES string of the molecule is c1ccc2c(N(c3ccc(-c4ccc5oc6ccccc6c5c4)cc3)c3ccc(-c4ccc5sc6ccccc6c5c4)cc3)cccc2c1. The lowest BCUT2D eigenvalue weighted by Crippen LogP contribution is -2.10. The van der Waals surface area contributed by atoms with Gasteiger partial charge in [-0.3, -0.25) is 0 Å². The van der Waals surface area contributed by atoms with E-state index < -0.39 is 0 Å². The van der Waals surface area contributed by atoms with Crippen LogP contribution in [0.2, 0.25) is 0 Å². The molecule has 2 aromatic heterocycles. The third-order valence-corrected chi connectivity index (χ3v) is 10.8. The van der Waals surface area contributed by atoms with E-state index in [2.05, 4.69) is 169 Å². The summed E-state index contributed by atoms with van der Waals surface area (Å²) in [6.07, 6.45) is 0. The summed E-state index contributed by atoms with van der Waals surface area (Å²) in [4.78, 5) is 2.37. The van der Waals surface area contributed by atoms with Crippen molar-refractivity contribution in [2.45, 2.75) is 0 Å². The molecule has 10 rings (SSSR count). The smallest absolute Gasteiger partial charge is 0.135 e. The van der Waals surface area contributed by atoms with Gasteiger partial charge < -0.3 is 9.32 Å². The maximum atomic E-state index is 6.09. The fourth-order valence-electron chi connectivity index (χ4n) is 7.25. The van der Waals surface area contributed by atoms with Crippen LogP contribution in [0.3, 0.4) is 0 Å². The lowest BCUT2D eigenvalue weighted by Gasteiger charge is -2.27. The summed E-state index contributed by atoms with van der Waals surface area (Å²) in [6.45, 7) is 0. The van der Waals surface area contributed by atoms with Crippen LogP contribution in [0.4, 0.5) is 17.1 Å². The maximum absolute atomic E-state index is 6.09. The van der Waals surface area contributed by atoms with Gasteiger partial charge in [0, 0.05) is 47.7 Å². The van der Waals surface area contributed by atoms with Gasteiger partial charge >= 0.3 is 0 Å². The number of hydrogen-bond acceptors (Lipinski definition) is 3. The van der Waals surface area contributed by atoms with Crippen molar-refractivity contribution in [1.29, 1.82) is 0 Å². The van der Waals surface area contributed by atoms with Gasteiger partial charge in [-0.15, -0.1) is 11.3 Å². The molecule has 0 N–H and O–H groups in total. The van der Waals surface area contributed by atoms with Crippen LogP contribution in [0, 0.1) is 0 Å². The van der Waals surface area contributed by atoms with E-state index in [1.54, 1.807) is 0 Å².